The number of hydrogen-bond donors (Lipinski definition) is 0. The number of fused-ring (bicyclic) bond motifs is 1. The lowest BCUT2D eigenvalue weighted by molar-refractivity contribution is -0.146. The van der Waals surface area contributed by atoms with Crippen LogP contribution in [0.2, 0.25) is 0 Å². The number of halogens is 3. The SMILES string of the molecule is CCC(=O)N1CC[C@H](Oc2ncnc3c2nc(C(F)(F)F)n3CC)C1. The topological polar surface area (TPSA) is 73.1 Å². The minimum Gasteiger partial charge on any atom is -0.471 e. The molecule has 0 unspecified atom stereocenters. The molecule has 0 aliphatic carbocycles. The second-order valence-electron chi connectivity index (χ2n) is 5.75. The summed E-state index contributed by atoms with van der Waals surface area (Å²) >= 11 is 0. The van der Waals surface area contributed by atoms with Crippen molar-refractivity contribution in [2.24, 2.45) is 0 Å². The molecular weight excluding hydrogens is 339 g/mol. The van der Waals surface area contributed by atoms with Crippen LogP contribution in [0.15, 0.2) is 6.33 Å². The van der Waals surface area contributed by atoms with Gasteiger partial charge in [0.05, 0.1) is 6.54 Å². The van der Waals surface area contributed by atoms with E-state index in [9.17, 15) is 18.0 Å². The molecule has 1 aliphatic rings. The van der Waals surface area contributed by atoms with Crippen molar-refractivity contribution in [1.82, 2.24) is 24.4 Å². The number of carbonyl (C=O) groups excluding carboxylic acids is 1. The normalized spacial score (nSPS) is 18.1. The van der Waals surface area contributed by atoms with Crippen molar-refractivity contribution < 1.29 is 22.7 Å². The fourth-order valence-corrected chi connectivity index (χ4v) is 2.95. The van der Waals surface area contributed by atoms with Crippen molar-refractivity contribution in [3.05, 3.63) is 12.2 Å². The van der Waals surface area contributed by atoms with E-state index in [1.54, 1.807) is 18.7 Å². The van der Waals surface area contributed by atoms with Crippen LogP contribution >= 0.6 is 0 Å². The Hall–Kier alpha value is -2.39. The van der Waals surface area contributed by atoms with Gasteiger partial charge in [-0.2, -0.15) is 18.2 Å². The van der Waals surface area contributed by atoms with E-state index in [1.807, 2.05) is 0 Å². The molecule has 1 fully saturated rings. The molecule has 3 heterocycles. The van der Waals surface area contributed by atoms with E-state index in [1.165, 1.54) is 0 Å². The summed E-state index contributed by atoms with van der Waals surface area (Å²) in [5.74, 6) is -0.989. The summed E-state index contributed by atoms with van der Waals surface area (Å²) in [5, 5.41) is 0. The van der Waals surface area contributed by atoms with Crippen LogP contribution in [0.3, 0.4) is 0 Å². The molecule has 1 atom stereocenters. The summed E-state index contributed by atoms with van der Waals surface area (Å²) in [6.07, 6.45) is -2.76. The smallest absolute Gasteiger partial charge is 0.449 e. The van der Waals surface area contributed by atoms with Gasteiger partial charge >= 0.3 is 6.18 Å². The number of carbonyl (C=O) groups is 1. The van der Waals surface area contributed by atoms with Gasteiger partial charge in [0.2, 0.25) is 17.6 Å². The van der Waals surface area contributed by atoms with Crippen LogP contribution in [0.4, 0.5) is 13.2 Å². The molecule has 136 valence electrons. The predicted molar refractivity (Wildman–Crippen MR) is 81.9 cm³/mol. The van der Waals surface area contributed by atoms with Gasteiger partial charge in [-0.15, -0.1) is 0 Å². The number of aryl methyl sites for hydroxylation is 1. The second kappa shape index (κ2) is 6.49. The quantitative estimate of drug-likeness (QED) is 0.839. The van der Waals surface area contributed by atoms with E-state index in [-0.39, 0.29) is 35.6 Å². The molecule has 0 aromatic carbocycles. The molecule has 1 amide bonds. The number of amides is 1. The number of rotatable bonds is 4. The Morgan fingerprint density at radius 1 is 1.36 bits per heavy atom. The summed E-state index contributed by atoms with van der Waals surface area (Å²) in [6.45, 7) is 4.39. The number of aromatic nitrogens is 4. The van der Waals surface area contributed by atoms with E-state index in [4.69, 9.17) is 4.74 Å². The second-order valence-corrected chi connectivity index (χ2v) is 5.75. The van der Waals surface area contributed by atoms with Gasteiger partial charge in [-0.3, -0.25) is 4.79 Å². The molecule has 3 rings (SSSR count). The third-order valence-corrected chi connectivity index (χ3v) is 4.15. The molecular formula is C15H18F3N5O2. The lowest BCUT2D eigenvalue weighted by Crippen LogP contribution is -2.30. The molecule has 1 aliphatic heterocycles. The average Bonchev–Trinajstić information content (AvgIpc) is 3.18. The number of likely N-dealkylation sites (tertiary alicyclic amines) is 1. The molecule has 0 saturated carbocycles. The summed E-state index contributed by atoms with van der Waals surface area (Å²) < 4.78 is 46.3. The van der Waals surface area contributed by atoms with Gasteiger partial charge in [-0.05, 0) is 6.92 Å². The maximum atomic E-state index is 13.2. The first-order valence-corrected chi connectivity index (χ1v) is 8.08. The van der Waals surface area contributed by atoms with Crippen molar-refractivity contribution in [3.8, 4) is 5.88 Å². The number of nitrogens with zero attached hydrogens (tertiary/aromatic N) is 5. The van der Waals surface area contributed by atoms with Gasteiger partial charge in [0, 0.05) is 25.9 Å². The number of imidazole rings is 1. The van der Waals surface area contributed by atoms with Gasteiger partial charge < -0.3 is 14.2 Å². The molecule has 0 radical (unpaired) electrons. The molecule has 10 heteroatoms. The van der Waals surface area contributed by atoms with Crippen LogP contribution in [-0.4, -0.2) is 49.5 Å². The molecule has 1 saturated heterocycles. The van der Waals surface area contributed by atoms with E-state index in [2.05, 4.69) is 15.0 Å². The Morgan fingerprint density at radius 2 is 2.12 bits per heavy atom. The van der Waals surface area contributed by atoms with Crippen LogP contribution in [0, 0.1) is 0 Å². The number of hydrogen-bond acceptors (Lipinski definition) is 5. The van der Waals surface area contributed by atoms with E-state index < -0.39 is 12.0 Å². The highest BCUT2D eigenvalue weighted by Crippen LogP contribution is 2.33. The van der Waals surface area contributed by atoms with E-state index in [0.29, 0.717) is 25.9 Å². The fraction of sp³-hybridized carbons (Fsp3) is 0.600. The van der Waals surface area contributed by atoms with Crippen molar-refractivity contribution >= 4 is 17.1 Å². The summed E-state index contributed by atoms with van der Waals surface area (Å²) in [7, 11) is 0. The summed E-state index contributed by atoms with van der Waals surface area (Å²) in [5.41, 5.74) is 0.0660. The maximum Gasteiger partial charge on any atom is 0.449 e. The van der Waals surface area contributed by atoms with Crippen molar-refractivity contribution in [3.63, 3.8) is 0 Å². The molecule has 0 N–H and O–H groups in total. The highest BCUT2D eigenvalue weighted by molar-refractivity contribution is 5.77. The predicted octanol–water partition coefficient (Wildman–Crippen LogP) is 2.25. The highest BCUT2D eigenvalue weighted by atomic mass is 19.4. The van der Waals surface area contributed by atoms with Crippen LogP contribution < -0.4 is 4.74 Å². The highest BCUT2D eigenvalue weighted by Gasteiger charge is 2.38. The van der Waals surface area contributed by atoms with E-state index in [0.717, 1.165) is 10.9 Å². The van der Waals surface area contributed by atoms with Crippen molar-refractivity contribution in [2.75, 3.05) is 13.1 Å². The zero-order valence-corrected chi connectivity index (χ0v) is 13.9. The van der Waals surface area contributed by atoms with Crippen LogP contribution in [0.5, 0.6) is 5.88 Å². The third-order valence-electron chi connectivity index (χ3n) is 4.15. The Kier molecular flexibility index (Phi) is 4.53. The van der Waals surface area contributed by atoms with Crippen molar-refractivity contribution in [2.45, 2.75) is 45.5 Å². The monoisotopic (exact) mass is 357 g/mol. The zero-order chi connectivity index (χ0) is 18.2. The lowest BCUT2D eigenvalue weighted by atomic mass is 10.3. The number of alkyl halides is 3. The fourth-order valence-electron chi connectivity index (χ4n) is 2.95. The zero-order valence-electron chi connectivity index (χ0n) is 13.9. The first kappa shape index (κ1) is 17.4. The van der Waals surface area contributed by atoms with E-state index >= 15 is 0 Å². The van der Waals surface area contributed by atoms with Crippen molar-refractivity contribution in [1.29, 1.82) is 0 Å². The minimum atomic E-state index is -4.59. The maximum absolute atomic E-state index is 13.2. The minimum absolute atomic E-state index is 0.0125. The third kappa shape index (κ3) is 3.24. The Bertz CT molecular complexity index is 789. The first-order valence-electron chi connectivity index (χ1n) is 8.08. The molecule has 0 spiro atoms. The Balaban J connectivity index is 1.90. The summed E-state index contributed by atoms with van der Waals surface area (Å²) in [4.78, 5) is 24.9. The largest absolute Gasteiger partial charge is 0.471 e. The molecule has 2 aromatic heterocycles. The van der Waals surface area contributed by atoms with Gasteiger partial charge in [0.1, 0.15) is 12.4 Å². The standard InChI is InChI=1S/C15H18F3N5O2/c1-3-10(24)22-6-5-9(7-22)25-13-11-12(19-8-20-13)23(4-2)14(21-11)15(16,17)18/h8-9H,3-7H2,1-2H3/t9-/m0/s1. The van der Waals surface area contributed by atoms with Crippen LogP contribution in [-0.2, 0) is 17.5 Å². The van der Waals surface area contributed by atoms with Gasteiger partial charge in [-0.1, -0.05) is 6.92 Å². The molecule has 2 aromatic rings. The van der Waals surface area contributed by atoms with Gasteiger partial charge in [0.15, 0.2) is 11.2 Å². The first-order chi connectivity index (χ1) is 11.8. The Morgan fingerprint density at radius 3 is 2.76 bits per heavy atom. The summed E-state index contributed by atoms with van der Waals surface area (Å²) in [6, 6.07) is 0. The average molecular weight is 357 g/mol. The number of ether oxygens (including phenoxy) is 1. The van der Waals surface area contributed by atoms with Gasteiger partial charge in [0.25, 0.3) is 0 Å². The molecule has 7 nitrogen and oxygen atoms in total. The molecule has 0 bridgehead atoms. The van der Waals surface area contributed by atoms with Crippen LogP contribution in [0.1, 0.15) is 32.5 Å². The van der Waals surface area contributed by atoms with Gasteiger partial charge in [-0.25, -0.2) is 9.97 Å². The Labute approximate surface area is 141 Å². The lowest BCUT2D eigenvalue weighted by Gasteiger charge is -2.16. The van der Waals surface area contributed by atoms with Crippen LogP contribution in [0.25, 0.3) is 11.2 Å². The molecule has 25 heavy (non-hydrogen) atoms.